The average molecular weight is 431 g/mol. The summed E-state index contributed by atoms with van der Waals surface area (Å²) in [4.78, 5) is 14.6. The Morgan fingerprint density at radius 1 is 1.34 bits per heavy atom. The fourth-order valence-corrected chi connectivity index (χ4v) is 5.81. The van der Waals surface area contributed by atoms with E-state index in [9.17, 15) is 31.5 Å². The number of aliphatic hydroxyl groups is 1. The lowest BCUT2D eigenvalue weighted by Crippen LogP contribution is -2.74. The minimum atomic E-state index is -5.93. The second-order valence-electron chi connectivity index (χ2n) is 7.89. The van der Waals surface area contributed by atoms with Crippen LogP contribution in [0.3, 0.4) is 0 Å². The normalized spacial score (nSPS) is 35.3. The van der Waals surface area contributed by atoms with Gasteiger partial charge >= 0.3 is 15.6 Å². The molecular formula is C18H16F3NO6S. The smallest absolute Gasteiger partial charge is 0.477 e. The number of rotatable bonds is 2. The van der Waals surface area contributed by atoms with E-state index in [-0.39, 0.29) is 11.8 Å². The lowest BCUT2D eigenvalue weighted by atomic mass is 9.51. The summed E-state index contributed by atoms with van der Waals surface area (Å²) in [5, 5.41) is 11.7. The number of alkyl halides is 3. The van der Waals surface area contributed by atoms with Gasteiger partial charge in [0.05, 0.1) is 5.41 Å². The second-order valence-corrected chi connectivity index (χ2v) is 9.43. The molecule has 0 amide bonds. The summed E-state index contributed by atoms with van der Waals surface area (Å²) >= 11 is 0. The number of ether oxygens (including phenoxy) is 1. The molecule has 1 N–H and O–H groups in total. The highest BCUT2D eigenvalue weighted by Gasteiger charge is 2.71. The van der Waals surface area contributed by atoms with Crippen molar-refractivity contribution in [1.29, 1.82) is 0 Å². The minimum absolute atomic E-state index is 0.223. The molecular weight excluding hydrogens is 415 g/mol. The molecule has 29 heavy (non-hydrogen) atoms. The average Bonchev–Trinajstić information content (AvgIpc) is 2.97. The van der Waals surface area contributed by atoms with Crippen LogP contribution < -0.4 is 8.92 Å². The molecule has 0 saturated carbocycles. The van der Waals surface area contributed by atoms with Crippen molar-refractivity contribution in [3.8, 4) is 11.5 Å². The van der Waals surface area contributed by atoms with E-state index >= 15 is 0 Å². The fourth-order valence-electron chi connectivity index (χ4n) is 5.35. The Balaban J connectivity index is 1.74. The quantitative estimate of drug-likeness (QED) is 0.553. The monoisotopic (exact) mass is 431 g/mol. The van der Waals surface area contributed by atoms with Gasteiger partial charge in [-0.2, -0.15) is 21.6 Å². The number of benzene rings is 1. The maximum Gasteiger partial charge on any atom is 0.534 e. The van der Waals surface area contributed by atoms with E-state index in [1.165, 1.54) is 18.2 Å². The molecule has 5 rings (SSSR count). The number of likely N-dealkylation sites (tertiary alicyclic amines) is 1. The molecule has 1 fully saturated rings. The first-order valence-corrected chi connectivity index (χ1v) is 10.3. The zero-order valence-corrected chi connectivity index (χ0v) is 15.9. The van der Waals surface area contributed by atoms with Crippen LogP contribution in [0.2, 0.25) is 0 Å². The molecule has 2 aliphatic carbocycles. The Morgan fingerprint density at radius 3 is 2.76 bits per heavy atom. The van der Waals surface area contributed by atoms with E-state index in [1.807, 2.05) is 11.9 Å². The van der Waals surface area contributed by atoms with Crippen molar-refractivity contribution in [2.24, 2.45) is 0 Å². The van der Waals surface area contributed by atoms with Gasteiger partial charge in [0, 0.05) is 11.6 Å². The zero-order chi connectivity index (χ0) is 21.0. The van der Waals surface area contributed by atoms with Crippen molar-refractivity contribution in [2.45, 2.75) is 41.5 Å². The lowest BCUT2D eigenvalue weighted by Gasteiger charge is -2.60. The Kier molecular flexibility index (Phi) is 3.47. The van der Waals surface area contributed by atoms with E-state index in [1.54, 1.807) is 0 Å². The van der Waals surface area contributed by atoms with Gasteiger partial charge in [0.15, 0.2) is 23.4 Å². The summed E-state index contributed by atoms with van der Waals surface area (Å²) in [6.45, 7) is 0.527. The summed E-state index contributed by atoms with van der Waals surface area (Å²) in [7, 11) is -4.07. The van der Waals surface area contributed by atoms with Gasteiger partial charge in [-0.25, -0.2) is 0 Å². The van der Waals surface area contributed by atoms with Crippen molar-refractivity contribution in [2.75, 3.05) is 13.6 Å². The summed E-state index contributed by atoms with van der Waals surface area (Å²) in [6, 6.07) is 2.21. The lowest BCUT2D eigenvalue weighted by molar-refractivity contribution is -0.151. The second kappa shape index (κ2) is 5.32. The number of hydrogen-bond acceptors (Lipinski definition) is 7. The van der Waals surface area contributed by atoms with Crippen LogP contribution in [0, 0.1) is 0 Å². The van der Waals surface area contributed by atoms with Crippen LogP contribution >= 0.6 is 0 Å². The van der Waals surface area contributed by atoms with E-state index < -0.39 is 44.3 Å². The van der Waals surface area contributed by atoms with Crippen molar-refractivity contribution >= 4 is 15.9 Å². The Hall–Kier alpha value is -2.11. The minimum Gasteiger partial charge on any atom is -0.477 e. The van der Waals surface area contributed by atoms with Gasteiger partial charge < -0.3 is 14.0 Å². The standard InChI is InChI=1S/C18H16F3NO6S/c1-22-7-6-16-13-9-2-3-11(28-29(25,26)18(19,20)21)14(13)27-15(16)10(23)4-5-17(16,24)12(22)8-9/h2-5,12,15,24H,6-8H2,1H3/t12-,15+,16+,17-/m1/s1. The fraction of sp³-hybridized carbons (Fsp3) is 0.500. The Labute approximate surface area is 163 Å². The molecule has 1 aromatic carbocycles. The third-order valence-electron chi connectivity index (χ3n) is 6.61. The summed E-state index contributed by atoms with van der Waals surface area (Å²) in [5.74, 6) is -1.30. The number of likely N-dealkylation sites (N-methyl/N-ethyl adjacent to an activating group) is 1. The predicted octanol–water partition coefficient (Wildman–Crippen LogP) is 1.04. The molecule has 1 spiro atoms. The third-order valence-corrected chi connectivity index (χ3v) is 7.57. The van der Waals surface area contributed by atoms with Gasteiger partial charge in [0.2, 0.25) is 0 Å². The third kappa shape index (κ3) is 2.10. The molecule has 0 radical (unpaired) electrons. The highest BCUT2D eigenvalue weighted by Crippen LogP contribution is 2.63. The number of piperidine rings is 1. The number of carbonyl (C=O) groups excluding carboxylic acids is 1. The molecule has 11 heteroatoms. The maximum absolute atomic E-state index is 12.8. The molecule has 2 bridgehead atoms. The first-order valence-electron chi connectivity index (χ1n) is 8.92. The number of hydrogen-bond donors (Lipinski definition) is 1. The van der Waals surface area contributed by atoms with Gasteiger partial charge in [-0.15, -0.1) is 0 Å². The van der Waals surface area contributed by atoms with Gasteiger partial charge in [-0.3, -0.25) is 9.69 Å². The van der Waals surface area contributed by atoms with Crippen LogP contribution in [-0.4, -0.2) is 61.1 Å². The molecule has 7 nitrogen and oxygen atoms in total. The van der Waals surface area contributed by atoms with Crippen LogP contribution in [0.4, 0.5) is 13.2 Å². The Morgan fingerprint density at radius 2 is 2.07 bits per heavy atom. The van der Waals surface area contributed by atoms with Crippen molar-refractivity contribution in [1.82, 2.24) is 4.90 Å². The highest BCUT2D eigenvalue weighted by atomic mass is 32.2. The summed E-state index contributed by atoms with van der Waals surface area (Å²) in [5.41, 5.74) is -7.26. The van der Waals surface area contributed by atoms with Crippen LogP contribution in [0.1, 0.15) is 17.5 Å². The van der Waals surface area contributed by atoms with Crippen LogP contribution in [0.5, 0.6) is 11.5 Å². The molecule has 156 valence electrons. The van der Waals surface area contributed by atoms with Crippen LogP contribution in [0.25, 0.3) is 0 Å². The van der Waals surface area contributed by atoms with E-state index in [0.29, 0.717) is 30.5 Å². The zero-order valence-electron chi connectivity index (χ0n) is 15.1. The SMILES string of the molecule is CN1CC[C@]23c4c5ccc(OS(=O)(=O)C(F)(F)F)c4O[C@H]2C(=O)C=C[C@@]3(O)[C@H]1C5. The first kappa shape index (κ1) is 18.9. The largest absolute Gasteiger partial charge is 0.534 e. The van der Waals surface area contributed by atoms with Crippen molar-refractivity contribution < 1.29 is 40.4 Å². The number of carbonyl (C=O) groups is 1. The van der Waals surface area contributed by atoms with Crippen LogP contribution in [0.15, 0.2) is 24.3 Å². The summed E-state index contributed by atoms with van der Waals surface area (Å²) in [6.07, 6.45) is 2.16. The molecule has 4 atom stereocenters. The van der Waals surface area contributed by atoms with Gasteiger partial charge in [-0.05, 0) is 50.2 Å². The maximum atomic E-state index is 12.8. The molecule has 0 unspecified atom stereocenters. The van der Waals surface area contributed by atoms with E-state index in [4.69, 9.17) is 4.74 Å². The molecule has 0 aromatic heterocycles. The van der Waals surface area contributed by atoms with Gasteiger partial charge in [-0.1, -0.05) is 6.07 Å². The van der Waals surface area contributed by atoms with E-state index in [0.717, 1.165) is 6.07 Å². The topological polar surface area (TPSA) is 93.1 Å². The molecule has 2 aliphatic heterocycles. The molecule has 2 heterocycles. The molecule has 1 aromatic rings. The number of ketones is 1. The molecule has 1 saturated heterocycles. The van der Waals surface area contributed by atoms with Crippen molar-refractivity contribution in [3.05, 3.63) is 35.4 Å². The van der Waals surface area contributed by atoms with E-state index in [2.05, 4.69) is 4.18 Å². The molecule has 4 aliphatic rings. The first-order chi connectivity index (χ1) is 13.4. The van der Waals surface area contributed by atoms with Crippen molar-refractivity contribution in [3.63, 3.8) is 0 Å². The van der Waals surface area contributed by atoms with Gasteiger partial charge in [0.1, 0.15) is 5.60 Å². The van der Waals surface area contributed by atoms with Crippen LogP contribution in [-0.2, 0) is 26.7 Å². The predicted molar refractivity (Wildman–Crippen MR) is 92.0 cm³/mol. The number of halogens is 3. The Bertz CT molecular complexity index is 1080. The van der Waals surface area contributed by atoms with Gasteiger partial charge in [0.25, 0.3) is 0 Å². The number of nitrogens with zero attached hydrogens (tertiary/aromatic N) is 1. The summed E-state index contributed by atoms with van der Waals surface area (Å²) < 4.78 is 71.7. The highest BCUT2D eigenvalue weighted by molar-refractivity contribution is 7.88.